The van der Waals surface area contributed by atoms with Crippen molar-refractivity contribution in [2.75, 3.05) is 6.54 Å². The molecule has 2 N–H and O–H groups in total. The van der Waals surface area contributed by atoms with Crippen molar-refractivity contribution in [3.8, 4) is 0 Å². The van der Waals surface area contributed by atoms with E-state index in [1.54, 1.807) is 0 Å². The summed E-state index contributed by atoms with van der Waals surface area (Å²) < 4.78 is 0. The lowest BCUT2D eigenvalue weighted by Gasteiger charge is -2.43. The SMILES string of the molecule is CC(C)(C)[Si](C)(C)c1ccccc1[C@@](O)(c1ccccc1)C1CCCN1. The molecule has 2 nitrogen and oxygen atoms in total. The monoisotopic (exact) mass is 367 g/mol. The minimum Gasteiger partial charge on any atom is -0.379 e. The fourth-order valence-electron chi connectivity index (χ4n) is 4.04. The highest BCUT2D eigenvalue weighted by Crippen LogP contribution is 2.41. The molecule has 0 radical (unpaired) electrons. The van der Waals surface area contributed by atoms with Gasteiger partial charge in [0.05, 0.1) is 8.07 Å². The Morgan fingerprint density at radius 1 is 0.962 bits per heavy atom. The highest BCUT2D eigenvalue weighted by atomic mass is 28.3. The number of hydrogen-bond donors (Lipinski definition) is 2. The summed E-state index contributed by atoms with van der Waals surface area (Å²) >= 11 is 0. The molecule has 1 fully saturated rings. The average molecular weight is 368 g/mol. The van der Waals surface area contributed by atoms with Gasteiger partial charge < -0.3 is 10.4 Å². The maximum atomic E-state index is 12.2. The summed E-state index contributed by atoms with van der Waals surface area (Å²) in [6, 6.07) is 18.9. The van der Waals surface area contributed by atoms with Crippen LogP contribution in [-0.2, 0) is 5.60 Å². The Bertz CT molecular complexity index is 744. The van der Waals surface area contributed by atoms with E-state index in [1.165, 1.54) is 5.19 Å². The molecule has 0 aromatic heterocycles. The lowest BCUT2D eigenvalue weighted by atomic mass is 9.79. The van der Waals surface area contributed by atoms with E-state index in [4.69, 9.17) is 0 Å². The summed E-state index contributed by atoms with van der Waals surface area (Å²) in [6.45, 7) is 12.9. The maximum absolute atomic E-state index is 12.2. The van der Waals surface area contributed by atoms with E-state index in [0.29, 0.717) is 0 Å². The van der Waals surface area contributed by atoms with Gasteiger partial charge in [-0.3, -0.25) is 0 Å². The molecule has 0 spiro atoms. The summed E-state index contributed by atoms with van der Waals surface area (Å²) in [7, 11) is -1.81. The first kappa shape index (κ1) is 19.3. The van der Waals surface area contributed by atoms with E-state index in [0.717, 1.165) is 30.5 Å². The third-order valence-corrected chi connectivity index (χ3v) is 12.2. The van der Waals surface area contributed by atoms with E-state index >= 15 is 0 Å². The van der Waals surface area contributed by atoms with Crippen LogP contribution in [0, 0.1) is 0 Å². The largest absolute Gasteiger partial charge is 0.379 e. The second-order valence-corrected chi connectivity index (χ2v) is 14.5. The molecule has 2 aromatic carbocycles. The smallest absolute Gasteiger partial charge is 0.130 e. The van der Waals surface area contributed by atoms with Crippen LogP contribution in [0.2, 0.25) is 18.1 Å². The van der Waals surface area contributed by atoms with Crippen molar-refractivity contribution in [3.05, 3.63) is 65.7 Å². The average Bonchev–Trinajstić information content (AvgIpc) is 3.16. The molecule has 140 valence electrons. The molecule has 2 aromatic rings. The predicted molar refractivity (Wildman–Crippen MR) is 114 cm³/mol. The lowest BCUT2D eigenvalue weighted by Crippen LogP contribution is -2.56. The zero-order valence-corrected chi connectivity index (χ0v) is 17.8. The van der Waals surface area contributed by atoms with Crippen molar-refractivity contribution in [1.82, 2.24) is 5.32 Å². The summed E-state index contributed by atoms with van der Waals surface area (Å²) in [6.07, 6.45) is 2.11. The maximum Gasteiger partial charge on any atom is 0.130 e. The highest BCUT2D eigenvalue weighted by molar-refractivity contribution is 6.92. The first-order valence-electron chi connectivity index (χ1n) is 9.80. The lowest BCUT2D eigenvalue weighted by molar-refractivity contribution is 0.0451. The van der Waals surface area contributed by atoms with Crippen molar-refractivity contribution < 1.29 is 5.11 Å². The zero-order chi connectivity index (χ0) is 19.0. The van der Waals surface area contributed by atoms with Crippen LogP contribution in [0.4, 0.5) is 0 Å². The molecule has 1 aliphatic rings. The zero-order valence-electron chi connectivity index (χ0n) is 16.8. The third-order valence-electron chi connectivity index (χ3n) is 6.66. The molecule has 1 heterocycles. The number of nitrogens with one attached hydrogen (secondary N) is 1. The van der Waals surface area contributed by atoms with Gasteiger partial charge in [0.2, 0.25) is 0 Å². The number of rotatable bonds is 4. The second-order valence-electron chi connectivity index (χ2n) is 9.20. The molecular weight excluding hydrogens is 334 g/mol. The topological polar surface area (TPSA) is 32.3 Å². The van der Waals surface area contributed by atoms with Gasteiger partial charge in [0.15, 0.2) is 0 Å². The summed E-state index contributed by atoms with van der Waals surface area (Å²) in [5.74, 6) is 0. The molecule has 1 unspecified atom stereocenters. The van der Waals surface area contributed by atoms with E-state index in [1.807, 2.05) is 18.2 Å². The van der Waals surface area contributed by atoms with Gasteiger partial charge in [-0.15, -0.1) is 0 Å². The summed E-state index contributed by atoms with van der Waals surface area (Å²) in [5, 5.41) is 17.4. The Morgan fingerprint density at radius 2 is 1.58 bits per heavy atom. The molecular formula is C23H33NOSi. The third kappa shape index (κ3) is 3.17. The van der Waals surface area contributed by atoms with Gasteiger partial charge >= 0.3 is 0 Å². The fourth-order valence-corrected chi connectivity index (χ4v) is 6.31. The Hall–Kier alpha value is -1.42. The van der Waals surface area contributed by atoms with Gasteiger partial charge in [-0.1, -0.05) is 93.6 Å². The normalized spacial score (nSPS) is 20.8. The predicted octanol–water partition coefficient (Wildman–Crippen LogP) is 4.39. The van der Waals surface area contributed by atoms with Crippen LogP contribution >= 0.6 is 0 Å². The fraction of sp³-hybridized carbons (Fsp3) is 0.478. The van der Waals surface area contributed by atoms with E-state index < -0.39 is 13.7 Å². The first-order chi connectivity index (χ1) is 12.2. The van der Waals surface area contributed by atoms with Gasteiger partial charge in [-0.2, -0.15) is 0 Å². The number of aliphatic hydroxyl groups is 1. The molecule has 0 aliphatic carbocycles. The summed E-state index contributed by atoms with van der Waals surface area (Å²) in [4.78, 5) is 0. The first-order valence-corrected chi connectivity index (χ1v) is 12.8. The standard InChI is InChI=1S/C23H33NOSi/c1-22(2,3)26(4,5)20-15-10-9-14-19(20)23(25,21-16-11-17-24-21)18-12-7-6-8-13-18/h6-10,12-15,21,24-25H,11,16-17H2,1-5H3/t21?,23-/m0/s1. The van der Waals surface area contributed by atoms with Crippen LogP contribution in [0.15, 0.2) is 54.6 Å². The molecule has 2 atom stereocenters. The van der Waals surface area contributed by atoms with Crippen LogP contribution in [0.3, 0.4) is 0 Å². The molecule has 3 rings (SSSR count). The molecule has 1 aliphatic heterocycles. The minimum absolute atomic E-state index is 0.0517. The van der Waals surface area contributed by atoms with Crippen molar-refractivity contribution in [2.45, 2.75) is 63.4 Å². The van der Waals surface area contributed by atoms with Crippen LogP contribution in [0.25, 0.3) is 0 Å². The van der Waals surface area contributed by atoms with Gasteiger partial charge in [0.25, 0.3) is 0 Å². The Balaban J connectivity index is 2.24. The molecule has 3 heteroatoms. The number of hydrogen-bond acceptors (Lipinski definition) is 2. The minimum atomic E-state index is -1.81. The molecule has 0 saturated carbocycles. The van der Waals surface area contributed by atoms with Gasteiger partial charge in [0, 0.05) is 6.04 Å². The Morgan fingerprint density at radius 3 is 2.15 bits per heavy atom. The van der Waals surface area contributed by atoms with Crippen LogP contribution in [-0.4, -0.2) is 25.8 Å². The van der Waals surface area contributed by atoms with Crippen molar-refractivity contribution in [2.24, 2.45) is 0 Å². The molecule has 26 heavy (non-hydrogen) atoms. The Kier molecular flexibility index (Phi) is 5.17. The van der Waals surface area contributed by atoms with E-state index in [9.17, 15) is 5.11 Å². The summed E-state index contributed by atoms with van der Waals surface area (Å²) in [5.41, 5.74) is 1.09. The molecule has 0 bridgehead atoms. The molecule has 0 amide bonds. The van der Waals surface area contributed by atoms with Crippen LogP contribution in [0.1, 0.15) is 44.7 Å². The van der Waals surface area contributed by atoms with Gasteiger partial charge in [0.1, 0.15) is 5.60 Å². The van der Waals surface area contributed by atoms with Gasteiger partial charge in [-0.05, 0) is 35.6 Å². The number of benzene rings is 2. The Labute approximate surface area is 159 Å². The highest BCUT2D eigenvalue weighted by Gasteiger charge is 2.47. The van der Waals surface area contributed by atoms with E-state index in [-0.39, 0.29) is 11.1 Å². The van der Waals surface area contributed by atoms with E-state index in [2.05, 4.69) is 75.6 Å². The van der Waals surface area contributed by atoms with Crippen molar-refractivity contribution in [3.63, 3.8) is 0 Å². The van der Waals surface area contributed by atoms with Crippen molar-refractivity contribution in [1.29, 1.82) is 0 Å². The van der Waals surface area contributed by atoms with Crippen molar-refractivity contribution >= 4 is 13.3 Å². The molecule has 1 saturated heterocycles. The quantitative estimate of drug-likeness (QED) is 0.786. The van der Waals surface area contributed by atoms with Gasteiger partial charge in [-0.25, -0.2) is 0 Å². The van der Waals surface area contributed by atoms with Crippen LogP contribution < -0.4 is 10.5 Å². The second kappa shape index (κ2) is 6.95. The van der Waals surface area contributed by atoms with Crippen LogP contribution in [0.5, 0.6) is 0 Å².